The monoisotopic (exact) mass is 295 g/mol. The highest BCUT2D eigenvalue weighted by Gasteiger charge is 2.31. The van der Waals surface area contributed by atoms with Crippen LogP contribution in [-0.4, -0.2) is 17.1 Å². The Kier molecular flexibility index (Phi) is 4.74. The van der Waals surface area contributed by atoms with Crippen molar-refractivity contribution < 1.29 is 9.90 Å². The lowest BCUT2D eigenvalue weighted by molar-refractivity contribution is 0.0702. The fourth-order valence-electron chi connectivity index (χ4n) is 3.71. The van der Waals surface area contributed by atoms with Crippen LogP contribution in [0.5, 0.6) is 0 Å². The summed E-state index contributed by atoms with van der Waals surface area (Å²) in [5.41, 5.74) is 1.36. The number of aromatic carboxylic acids is 1. The van der Waals surface area contributed by atoms with Gasteiger partial charge in [-0.1, -0.05) is 26.7 Å². The minimum Gasteiger partial charge on any atom is -0.477 e. The standard InChI is InChI=1S/C16H25NO2S/c1-11-5-4-6-16(3,8-11)9-12(2)17-13-7-14(15(18)19)20-10-13/h7,10-12,17H,4-6,8-9H2,1-3H3,(H,18,19). The molecular weight excluding hydrogens is 270 g/mol. The zero-order valence-corrected chi connectivity index (χ0v) is 13.4. The minimum absolute atomic E-state index is 0.376. The van der Waals surface area contributed by atoms with Crippen molar-refractivity contribution in [3.63, 3.8) is 0 Å². The number of carboxylic acid groups (broad SMARTS) is 1. The molecule has 1 aromatic heterocycles. The molecule has 1 aliphatic rings. The number of nitrogens with one attached hydrogen (secondary N) is 1. The van der Waals surface area contributed by atoms with Gasteiger partial charge in [-0.25, -0.2) is 4.79 Å². The molecule has 0 aromatic carbocycles. The maximum atomic E-state index is 10.9. The van der Waals surface area contributed by atoms with Gasteiger partial charge in [0.1, 0.15) is 4.88 Å². The first-order valence-corrected chi connectivity index (χ1v) is 8.34. The Balaban J connectivity index is 1.91. The lowest BCUT2D eigenvalue weighted by Crippen LogP contribution is -2.31. The summed E-state index contributed by atoms with van der Waals surface area (Å²) in [4.78, 5) is 11.3. The fraction of sp³-hybridized carbons (Fsp3) is 0.688. The first-order chi connectivity index (χ1) is 9.38. The van der Waals surface area contributed by atoms with E-state index in [1.807, 2.05) is 5.38 Å². The van der Waals surface area contributed by atoms with Gasteiger partial charge in [-0.2, -0.15) is 0 Å². The molecule has 2 N–H and O–H groups in total. The van der Waals surface area contributed by atoms with Gasteiger partial charge in [0, 0.05) is 17.1 Å². The van der Waals surface area contributed by atoms with Crippen molar-refractivity contribution >= 4 is 23.0 Å². The molecule has 1 saturated carbocycles. The van der Waals surface area contributed by atoms with Crippen molar-refractivity contribution in [3.05, 3.63) is 16.3 Å². The van der Waals surface area contributed by atoms with E-state index in [1.54, 1.807) is 6.07 Å². The summed E-state index contributed by atoms with van der Waals surface area (Å²) in [7, 11) is 0. The molecule has 2 rings (SSSR count). The molecule has 112 valence electrons. The lowest BCUT2D eigenvalue weighted by Gasteiger charge is -2.39. The average Bonchev–Trinajstić information content (AvgIpc) is 2.76. The molecule has 3 unspecified atom stereocenters. The zero-order valence-electron chi connectivity index (χ0n) is 12.6. The van der Waals surface area contributed by atoms with Gasteiger partial charge in [-0.15, -0.1) is 11.3 Å². The number of rotatable bonds is 5. The van der Waals surface area contributed by atoms with Gasteiger partial charge in [-0.3, -0.25) is 0 Å². The smallest absolute Gasteiger partial charge is 0.345 e. The van der Waals surface area contributed by atoms with Gasteiger partial charge >= 0.3 is 5.97 Å². The molecule has 3 nitrogen and oxygen atoms in total. The summed E-state index contributed by atoms with van der Waals surface area (Å²) in [5, 5.41) is 14.3. The predicted molar refractivity (Wildman–Crippen MR) is 84.7 cm³/mol. The van der Waals surface area contributed by atoms with E-state index in [2.05, 4.69) is 26.1 Å². The summed E-state index contributed by atoms with van der Waals surface area (Å²) in [6.45, 7) is 6.95. The molecule has 0 spiro atoms. The van der Waals surface area contributed by atoms with Crippen LogP contribution in [0.4, 0.5) is 5.69 Å². The number of hydrogen-bond donors (Lipinski definition) is 2. The minimum atomic E-state index is -0.844. The van der Waals surface area contributed by atoms with E-state index in [1.165, 1.54) is 37.0 Å². The van der Waals surface area contributed by atoms with E-state index in [9.17, 15) is 4.79 Å². The summed E-state index contributed by atoms with van der Waals surface area (Å²) >= 11 is 1.28. The third kappa shape index (κ3) is 3.98. The number of thiophene rings is 1. The van der Waals surface area contributed by atoms with Crippen LogP contribution < -0.4 is 5.32 Å². The summed E-state index contributed by atoms with van der Waals surface area (Å²) < 4.78 is 0. The number of carboxylic acids is 1. The second-order valence-electron chi connectivity index (χ2n) is 6.77. The first-order valence-electron chi connectivity index (χ1n) is 7.46. The Morgan fingerprint density at radius 3 is 3.00 bits per heavy atom. The third-order valence-corrected chi connectivity index (χ3v) is 5.26. The third-order valence-electron chi connectivity index (χ3n) is 4.34. The summed E-state index contributed by atoms with van der Waals surface area (Å²) in [6, 6.07) is 2.11. The van der Waals surface area contributed by atoms with Gasteiger partial charge in [0.2, 0.25) is 0 Å². The molecular formula is C16H25NO2S. The molecule has 0 amide bonds. The second kappa shape index (κ2) is 6.17. The van der Waals surface area contributed by atoms with Crippen LogP contribution in [0.25, 0.3) is 0 Å². The molecule has 0 bridgehead atoms. The summed E-state index contributed by atoms with van der Waals surface area (Å²) in [5.74, 6) is -0.00974. The van der Waals surface area contributed by atoms with Crippen LogP contribution in [-0.2, 0) is 0 Å². The van der Waals surface area contributed by atoms with E-state index < -0.39 is 5.97 Å². The van der Waals surface area contributed by atoms with Gasteiger partial charge in [-0.05, 0) is 43.6 Å². The van der Waals surface area contributed by atoms with Gasteiger partial charge in [0.05, 0.1) is 0 Å². The van der Waals surface area contributed by atoms with E-state index in [0.717, 1.165) is 18.0 Å². The topological polar surface area (TPSA) is 49.3 Å². The molecule has 1 heterocycles. The second-order valence-corrected chi connectivity index (χ2v) is 7.68. The highest BCUT2D eigenvalue weighted by atomic mass is 32.1. The van der Waals surface area contributed by atoms with Crippen molar-refractivity contribution in [2.45, 2.75) is 58.9 Å². The van der Waals surface area contributed by atoms with Crippen molar-refractivity contribution in [3.8, 4) is 0 Å². The van der Waals surface area contributed by atoms with E-state index >= 15 is 0 Å². The highest BCUT2D eigenvalue weighted by Crippen LogP contribution is 2.42. The van der Waals surface area contributed by atoms with Crippen LogP contribution in [0.1, 0.15) is 62.5 Å². The Morgan fingerprint density at radius 1 is 1.65 bits per heavy atom. The Morgan fingerprint density at radius 2 is 2.40 bits per heavy atom. The SMILES string of the molecule is CC1CCCC(C)(CC(C)Nc2csc(C(=O)O)c2)C1. The van der Waals surface area contributed by atoms with Crippen LogP contribution >= 0.6 is 11.3 Å². The van der Waals surface area contributed by atoms with Gasteiger partial charge < -0.3 is 10.4 Å². The molecule has 20 heavy (non-hydrogen) atoms. The normalized spacial score (nSPS) is 28.1. The van der Waals surface area contributed by atoms with E-state index in [4.69, 9.17) is 5.11 Å². The van der Waals surface area contributed by atoms with E-state index in [-0.39, 0.29) is 0 Å². The highest BCUT2D eigenvalue weighted by molar-refractivity contribution is 7.12. The molecule has 0 radical (unpaired) electrons. The number of carbonyl (C=O) groups is 1. The lowest BCUT2D eigenvalue weighted by atomic mass is 9.68. The molecule has 0 saturated heterocycles. The molecule has 0 aliphatic heterocycles. The first kappa shape index (κ1) is 15.4. The van der Waals surface area contributed by atoms with E-state index in [0.29, 0.717) is 16.3 Å². The maximum Gasteiger partial charge on any atom is 0.345 e. The molecule has 1 fully saturated rings. The Bertz CT molecular complexity index is 471. The molecule has 3 atom stereocenters. The average molecular weight is 295 g/mol. The summed E-state index contributed by atoms with van der Waals surface area (Å²) in [6.07, 6.45) is 6.47. The Labute approximate surface area is 125 Å². The van der Waals surface area contributed by atoms with Crippen molar-refractivity contribution in [1.29, 1.82) is 0 Å². The van der Waals surface area contributed by atoms with Gasteiger partial charge in [0.25, 0.3) is 0 Å². The number of hydrogen-bond acceptors (Lipinski definition) is 3. The van der Waals surface area contributed by atoms with Crippen molar-refractivity contribution in [2.24, 2.45) is 11.3 Å². The number of anilines is 1. The van der Waals surface area contributed by atoms with Crippen LogP contribution in [0, 0.1) is 11.3 Å². The van der Waals surface area contributed by atoms with Crippen molar-refractivity contribution in [2.75, 3.05) is 5.32 Å². The van der Waals surface area contributed by atoms with Gasteiger partial charge in [0.15, 0.2) is 0 Å². The van der Waals surface area contributed by atoms with Crippen molar-refractivity contribution in [1.82, 2.24) is 0 Å². The maximum absolute atomic E-state index is 10.9. The van der Waals surface area contributed by atoms with Crippen LogP contribution in [0.15, 0.2) is 11.4 Å². The zero-order chi connectivity index (χ0) is 14.8. The van der Waals surface area contributed by atoms with Crippen LogP contribution in [0.2, 0.25) is 0 Å². The molecule has 4 heteroatoms. The largest absolute Gasteiger partial charge is 0.477 e. The fourth-order valence-corrected chi connectivity index (χ4v) is 4.39. The molecule has 1 aromatic rings. The quantitative estimate of drug-likeness (QED) is 0.816. The predicted octanol–water partition coefficient (Wildman–Crippen LogP) is 4.85. The molecule has 1 aliphatic carbocycles. The Hall–Kier alpha value is -1.03. The van der Waals surface area contributed by atoms with Crippen LogP contribution in [0.3, 0.4) is 0 Å².